The first-order valence-corrected chi connectivity index (χ1v) is 6.73. The van der Waals surface area contributed by atoms with Crippen molar-refractivity contribution in [1.82, 2.24) is 9.55 Å². The first kappa shape index (κ1) is 10.7. The molecule has 0 fully saturated rings. The molecule has 0 radical (unpaired) electrons. The van der Waals surface area contributed by atoms with Crippen LogP contribution in [0.4, 0.5) is 0 Å². The highest BCUT2D eigenvalue weighted by Gasteiger charge is 2.29. The second-order valence-corrected chi connectivity index (χ2v) is 5.47. The van der Waals surface area contributed by atoms with Crippen LogP contribution < -0.4 is 0 Å². The van der Waals surface area contributed by atoms with Gasteiger partial charge in [0.05, 0.1) is 5.92 Å². The Morgan fingerprint density at radius 2 is 2.47 bits per heavy atom. The molecule has 0 amide bonds. The van der Waals surface area contributed by atoms with Gasteiger partial charge in [-0.1, -0.05) is 0 Å². The van der Waals surface area contributed by atoms with Crippen LogP contribution in [0.25, 0.3) is 0 Å². The minimum absolute atomic E-state index is 0.0195. The van der Waals surface area contributed by atoms with Crippen molar-refractivity contribution in [2.45, 2.75) is 25.2 Å². The van der Waals surface area contributed by atoms with Crippen molar-refractivity contribution in [3.63, 3.8) is 0 Å². The van der Waals surface area contributed by atoms with Gasteiger partial charge in [0.1, 0.15) is 0 Å². The average Bonchev–Trinajstić information content (AvgIpc) is 2.95. The van der Waals surface area contributed by atoms with E-state index in [4.69, 9.17) is 0 Å². The molecule has 88 valence electrons. The van der Waals surface area contributed by atoms with Crippen LogP contribution >= 0.6 is 11.3 Å². The molecular formula is C13H14N2OS. The fraction of sp³-hybridized carbons (Fsp3) is 0.385. The third-order valence-electron chi connectivity index (χ3n) is 3.41. The number of aromatic nitrogens is 2. The Kier molecular flexibility index (Phi) is 2.59. The molecule has 3 rings (SSSR count). The molecule has 0 bridgehead atoms. The number of fused-ring (bicyclic) bond motifs is 1. The van der Waals surface area contributed by atoms with Crippen LogP contribution in [0.15, 0.2) is 23.8 Å². The van der Waals surface area contributed by atoms with Gasteiger partial charge in [0.15, 0.2) is 5.82 Å². The number of hydrogen-bond donors (Lipinski definition) is 0. The van der Waals surface area contributed by atoms with Crippen molar-refractivity contribution in [3.8, 4) is 0 Å². The van der Waals surface area contributed by atoms with Gasteiger partial charge in [0.2, 0.25) is 5.78 Å². The first-order chi connectivity index (χ1) is 8.27. The van der Waals surface area contributed by atoms with Crippen LogP contribution in [0, 0.1) is 0 Å². The summed E-state index contributed by atoms with van der Waals surface area (Å²) in [4.78, 5) is 18.0. The number of carbonyl (C=O) groups is 1. The Hall–Kier alpha value is -1.42. The minimum Gasteiger partial charge on any atom is -0.332 e. The maximum Gasteiger partial charge on any atom is 0.205 e. The third kappa shape index (κ3) is 1.72. The van der Waals surface area contributed by atoms with Crippen molar-refractivity contribution in [2.24, 2.45) is 7.05 Å². The highest BCUT2D eigenvalue weighted by atomic mass is 32.1. The molecule has 2 aromatic heterocycles. The smallest absolute Gasteiger partial charge is 0.205 e. The number of rotatable bonds is 2. The van der Waals surface area contributed by atoms with E-state index in [2.05, 4.69) is 16.4 Å². The van der Waals surface area contributed by atoms with E-state index < -0.39 is 0 Å². The molecule has 1 atom stereocenters. The van der Waals surface area contributed by atoms with Crippen molar-refractivity contribution in [1.29, 1.82) is 0 Å². The van der Waals surface area contributed by atoms with Crippen molar-refractivity contribution in [3.05, 3.63) is 40.1 Å². The third-order valence-corrected chi connectivity index (χ3v) is 4.41. The van der Waals surface area contributed by atoms with E-state index in [-0.39, 0.29) is 11.7 Å². The highest BCUT2D eigenvalue weighted by molar-refractivity contribution is 7.10. The van der Waals surface area contributed by atoms with Gasteiger partial charge in [0.25, 0.3) is 0 Å². The second kappa shape index (κ2) is 4.11. The van der Waals surface area contributed by atoms with Crippen LogP contribution in [-0.4, -0.2) is 15.3 Å². The van der Waals surface area contributed by atoms with Gasteiger partial charge in [-0.25, -0.2) is 4.98 Å². The molecule has 0 aromatic carbocycles. The van der Waals surface area contributed by atoms with Gasteiger partial charge >= 0.3 is 0 Å². The summed E-state index contributed by atoms with van der Waals surface area (Å²) < 4.78 is 1.81. The standard InChI is InChI=1S/C13H14N2OS/c1-15-7-6-14-13(15)12(16)10-3-2-4-11-9(10)5-8-17-11/h5-8,10H,2-4H2,1H3. The van der Waals surface area contributed by atoms with Gasteiger partial charge in [-0.15, -0.1) is 11.3 Å². The zero-order valence-corrected chi connectivity index (χ0v) is 10.5. The SMILES string of the molecule is Cn1ccnc1C(=O)C1CCCc2sccc21. The summed E-state index contributed by atoms with van der Waals surface area (Å²) in [6.45, 7) is 0. The Balaban J connectivity index is 1.97. The Labute approximate surface area is 104 Å². The molecule has 1 aliphatic rings. The van der Waals surface area contributed by atoms with Crippen molar-refractivity contribution >= 4 is 17.1 Å². The van der Waals surface area contributed by atoms with E-state index >= 15 is 0 Å². The lowest BCUT2D eigenvalue weighted by Crippen LogP contribution is -2.20. The molecule has 0 spiro atoms. The Morgan fingerprint density at radius 3 is 3.24 bits per heavy atom. The fourth-order valence-electron chi connectivity index (χ4n) is 2.52. The molecule has 4 heteroatoms. The zero-order valence-electron chi connectivity index (χ0n) is 9.72. The van der Waals surface area contributed by atoms with Crippen LogP contribution in [0.1, 0.15) is 39.8 Å². The molecule has 0 aliphatic heterocycles. The summed E-state index contributed by atoms with van der Waals surface area (Å²) >= 11 is 1.77. The number of Topliss-reactive ketones (excluding diaryl/α,β-unsaturated/α-hetero) is 1. The Bertz CT molecular complexity index is 555. The van der Waals surface area contributed by atoms with Crippen molar-refractivity contribution in [2.75, 3.05) is 0 Å². The van der Waals surface area contributed by atoms with Gasteiger partial charge < -0.3 is 4.57 Å². The van der Waals surface area contributed by atoms with Crippen LogP contribution in [-0.2, 0) is 13.5 Å². The predicted octanol–water partition coefficient (Wildman–Crippen LogP) is 2.78. The second-order valence-electron chi connectivity index (χ2n) is 4.47. The molecule has 3 nitrogen and oxygen atoms in total. The topological polar surface area (TPSA) is 34.9 Å². The molecule has 2 aromatic rings. The zero-order chi connectivity index (χ0) is 11.8. The molecule has 2 heterocycles. The van der Waals surface area contributed by atoms with Gasteiger partial charge in [-0.2, -0.15) is 0 Å². The van der Waals surface area contributed by atoms with Crippen LogP contribution in [0.5, 0.6) is 0 Å². The number of imidazole rings is 1. The number of thiophene rings is 1. The molecule has 17 heavy (non-hydrogen) atoms. The maximum absolute atomic E-state index is 12.5. The van der Waals surface area contributed by atoms with Crippen LogP contribution in [0.2, 0.25) is 0 Å². The van der Waals surface area contributed by atoms with E-state index in [1.165, 1.54) is 10.4 Å². The summed E-state index contributed by atoms with van der Waals surface area (Å²) in [5.41, 5.74) is 1.23. The minimum atomic E-state index is 0.0195. The summed E-state index contributed by atoms with van der Waals surface area (Å²) in [7, 11) is 1.87. The lowest BCUT2D eigenvalue weighted by molar-refractivity contribution is 0.0938. The van der Waals surface area contributed by atoms with E-state index in [0.717, 1.165) is 19.3 Å². The van der Waals surface area contributed by atoms with Gasteiger partial charge in [0, 0.05) is 24.3 Å². The normalized spacial score (nSPS) is 19.0. The largest absolute Gasteiger partial charge is 0.332 e. The molecule has 1 aliphatic carbocycles. The quantitative estimate of drug-likeness (QED) is 0.764. The lowest BCUT2D eigenvalue weighted by Gasteiger charge is -2.20. The first-order valence-electron chi connectivity index (χ1n) is 5.85. The van der Waals surface area contributed by atoms with Crippen LogP contribution in [0.3, 0.4) is 0 Å². The highest BCUT2D eigenvalue weighted by Crippen LogP contribution is 2.36. The maximum atomic E-state index is 12.5. The molecule has 0 N–H and O–H groups in total. The van der Waals surface area contributed by atoms with Gasteiger partial charge in [-0.05, 0) is 36.3 Å². The number of nitrogens with zero attached hydrogens (tertiary/aromatic N) is 2. The summed E-state index contributed by atoms with van der Waals surface area (Å²) in [6.07, 6.45) is 6.69. The van der Waals surface area contributed by atoms with E-state index in [9.17, 15) is 4.79 Å². The predicted molar refractivity (Wildman–Crippen MR) is 67.5 cm³/mol. The number of carbonyl (C=O) groups excluding carboxylic acids is 1. The molecule has 1 unspecified atom stereocenters. The Morgan fingerprint density at radius 1 is 1.59 bits per heavy atom. The van der Waals surface area contributed by atoms with E-state index in [0.29, 0.717) is 5.82 Å². The molecule has 0 saturated carbocycles. The fourth-order valence-corrected chi connectivity index (χ4v) is 3.51. The summed E-state index contributed by atoms with van der Waals surface area (Å²) in [5.74, 6) is 0.761. The number of hydrogen-bond acceptors (Lipinski definition) is 3. The van der Waals surface area contributed by atoms with Crippen molar-refractivity contribution < 1.29 is 4.79 Å². The number of aryl methyl sites for hydroxylation is 2. The summed E-state index contributed by atoms with van der Waals surface area (Å²) in [5, 5.41) is 2.09. The molecular weight excluding hydrogens is 232 g/mol. The number of ketones is 1. The molecule has 0 saturated heterocycles. The lowest BCUT2D eigenvalue weighted by atomic mass is 9.84. The van der Waals surface area contributed by atoms with E-state index in [1.807, 2.05) is 17.8 Å². The summed E-state index contributed by atoms with van der Waals surface area (Å²) in [6, 6.07) is 2.10. The monoisotopic (exact) mass is 246 g/mol. The van der Waals surface area contributed by atoms with Gasteiger partial charge in [-0.3, -0.25) is 4.79 Å². The average molecular weight is 246 g/mol. The van der Waals surface area contributed by atoms with E-state index in [1.54, 1.807) is 17.5 Å².